The SMILES string of the molecule is Cc1ccc(-c2ccc(C=C(C#N)C(=O)NCc3ccccc3)o2)c(Br)c1. The molecule has 1 heterocycles. The van der Waals surface area contributed by atoms with Crippen LogP contribution in [0.25, 0.3) is 17.4 Å². The van der Waals surface area contributed by atoms with Crippen molar-refractivity contribution < 1.29 is 9.21 Å². The molecule has 0 radical (unpaired) electrons. The monoisotopic (exact) mass is 420 g/mol. The standard InChI is InChI=1S/C22H17BrN2O2/c1-15-7-9-19(20(23)11-15)21-10-8-18(27-21)12-17(13-24)22(26)25-14-16-5-3-2-4-6-16/h2-12H,14H2,1H3,(H,25,26). The van der Waals surface area contributed by atoms with E-state index in [0.29, 0.717) is 18.1 Å². The van der Waals surface area contributed by atoms with Crippen LogP contribution in [0.4, 0.5) is 0 Å². The predicted octanol–water partition coefficient (Wildman–Crippen LogP) is 5.24. The van der Waals surface area contributed by atoms with Crippen molar-refractivity contribution in [1.29, 1.82) is 5.26 Å². The number of nitrogens with zero attached hydrogens (tertiary/aromatic N) is 1. The second-order valence-electron chi connectivity index (χ2n) is 6.02. The van der Waals surface area contributed by atoms with Crippen molar-refractivity contribution in [3.05, 3.63) is 87.6 Å². The van der Waals surface area contributed by atoms with E-state index in [2.05, 4.69) is 21.2 Å². The summed E-state index contributed by atoms with van der Waals surface area (Å²) in [6, 6.07) is 21.0. The van der Waals surface area contributed by atoms with Crippen LogP contribution in [0.5, 0.6) is 0 Å². The van der Waals surface area contributed by atoms with Crippen LogP contribution in [0.2, 0.25) is 0 Å². The summed E-state index contributed by atoms with van der Waals surface area (Å²) in [6.45, 7) is 2.37. The average Bonchev–Trinajstić information content (AvgIpc) is 3.13. The van der Waals surface area contributed by atoms with Gasteiger partial charge in [-0.3, -0.25) is 4.79 Å². The zero-order chi connectivity index (χ0) is 19.2. The quantitative estimate of drug-likeness (QED) is 0.453. The number of furan rings is 1. The van der Waals surface area contributed by atoms with Crippen molar-refractivity contribution in [2.45, 2.75) is 13.5 Å². The van der Waals surface area contributed by atoms with E-state index >= 15 is 0 Å². The molecule has 1 N–H and O–H groups in total. The smallest absolute Gasteiger partial charge is 0.262 e. The van der Waals surface area contributed by atoms with Gasteiger partial charge in [-0.05, 0) is 42.3 Å². The maximum absolute atomic E-state index is 12.3. The Morgan fingerprint density at radius 2 is 1.96 bits per heavy atom. The van der Waals surface area contributed by atoms with Crippen LogP contribution in [0, 0.1) is 18.3 Å². The van der Waals surface area contributed by atoms with Crippen molar-refractivity contribution in [1.82, 2.24) is 5.32 Å². The summed E-state index contributed by atoms with van der Waals surface area (Å²) in [6.07, 6.45) is 1.45. The van der Waals surface area contributed by atoms with Crippen LogP contribution < -0.4 is 5.32 Å². The largest absolute Gasteiger partial charge is 0.457 e. The molecule has 0 saturated heterocycles. The highest BCUT2D eigenvalue weighted by atomic mass is 79.9. The molecule has 0 bridgehead atoms. The van der Waals surface area contributed by atoms with E-state index in [-0.39, 0.29) is 5.57 Å². The molecule has 5 heteroatoms. The van der Waals surface area contributed by atoms with Crippen LogP contribution in [0.1, 0.15) is 16.9 Å². The van der Waals surface area contributed by atoms with E-state index in [1.807, 2.05) is 67.6 Å². The molecule has 1 amide bonds. The Morgan fingerprint density at radius 3 is 2.67 bits per heavy atom. The molecule has 0 atom stereocenters. The molecule has 27 heavy (non-hydrogen) atoms. The lowest BCUT2D eigenvalue weighted by molar-refractivity contribution is -0.117. The molecule has 4 nitrogen and oxygen atoms in total. The van der Waals surface area contributed by atoms with Gasteiger partial charge in [-0.15, -0.1) is 0 Å². The molecule has 0 aliphatic heterocycles. The Balaban J connectivity index is 1.75. The van der Waals surface area contributed by atoms with Gasteiger partial charge in [0, 0.05) is 22.7 Å². The highest BCUT2D eigenvalue weighted by Gasteiger charge is 2.12. The third-order valence-corrected chi connectivity index (χ3v) is 4.62. The van der Waals surface area contributed by atoms with Crippen molar-refractivity contribution in [3.8, 4) is 17.4 Å². The fourth-order valence-corrected chi connectivity index (χ4v) is 3.25. The molecular formula is C22H17BrN2O2. The second kappa shape index (κ2) is 8.52. The van der Waals surface area contributed by atoms with Gasteiger partial charge >= 0.3 is 0 Å². The van der Waals surface area contributed by atoms with E-state index in [9.17, 15) is 10.1 Å². The minimum atomic E-state index is -0.434. The number of nitriles is 1. The van der Waals surface area contributed by atoms with Crippen molar-refractivity contribution in [2.75, 3.05) is 0 Å². The van der Waals surface area contributed by atoms with Gasteiger partial charge in [0.05, 0.1) is 0 Å². The van der Waals surface area contributed by atoms with Crippen molar-refractivity contribution >= 4 is 27.9 Å². The molecule has 0 fully saturated rings. The maximum atomic E-state index is 12.3. The first-order valence-corrected chi connectivity index (χ1v) is 9.16. The number of benzene rings is 2. The van der Waals surface area contributed by atoms with Gasteiger partial charge in [0.2, 0.25) is 0 Å². The molecule has 0 spiro atoms. The van der Waals surface area contributed by atoms with E-state index in [4.69, 9.17) is 4.42 Å². The summed E-state index contributed by atoms with van der Waals surface area (Å²) in [5, 5.41) is 12.1. The third kappa shape index (κ3) is 4.75. The lowest BCUT2D eigenvalue weighted by Crippen LogP contribution is -2.23. The number of nitrogens with one attached hydrogen (secondary N) is 1. The van der Waals surface area contributed by atoms with Crippen LogP contribution in [0.15, 0.2) is 75.1 Å². The van der Waals surface area contributed by atoms with Gasteiger partial charge in [0.15, 0.2) is 0 Å². The Kier molecular flexibility index (Phi) is 5.90. The molecule has 134 valence electrons. The van der Waals surface area contributed by atoms with Crippen molar-refractivity contribution in [2.24, 2.45) is 0 Å². The van der Waals surface area contributed by atoms with Gasteiger partial charge in [0.1, 0.15) is 23.2 Å². The first-order chi connectivity index (χ1) is 13.1. The summed E-state index contributed by atoms with van der Waals surface area (Å²) >= 11 is 3.53. The number of hydrogen-bond donors (Lipinski definition) is 1. The highest BCUT2D eigenvalue weighted by Crippen LogP contribution is 2.31. The number of carbonyl (C=O) groups excluding carboxylic acids is 1. The zero-order valence-corrected chi connectivity index (χ0v) is 16.3. The van der Waals surface area contributed by atoms with E-state index in [1.165, 1.54) is 6.08 Å². The van der Waals surface area contributed by atoms with E-state index in [0.717, 1.165) is 21.2 Å². The molecule has 0 aliphatic carbocycles. The first kappa shape index (κ1) is 18.7. The number of halogens is 1. The van der Waals surface area contributed by atoms with Gasteiger partial charge in [-0.1, -0.05) is 52.3 Å². The summed E-state index contributed by atoms with van der Waals surface area (Å²) in [5.41, 5.74) is 3.01. The molecule has 1 aromatic heterocycles. The average molecular weight is 421 g/mol. The van der Waals surface area contributed by atoms with Crippen molar-refractivity contribution in [3.63, 3.8) is 0 Å². The summed E-state index contributed by atoms with van der Waals surface area (Å²) < 4.78 is 6.72. The third-order valence-electron chi connectivity index (χ3n) is 3.96. The van der Waals surface area contributed by atoms with Gasteiger partial charge in [-0.25, -0.2) is 0 Å². The highest BCUT2D eigenvalue weighted by molar-refractivity contribution is 9.10. The predicted molar refractivity (Wildman–Crippen MR) is 108 cm³/mol. The topological polar surface area (TPSA) is 66.0 Å². The number of hydrogen-bond acceptors (Lipinski definition) is 3. The van der Waals surface area contributed by atoms with Crippen LogP contribution in [-0.2, 0) is 11.3 Å². The minimum Gasteiger partial charge on any atom is -0.457 e. The summed E-state index contributed by atoms with van der Waals surface area (Å²) in [4.78, 5) is 12.3. The van der Waals surface area contributed by atoms with Crippen LogP contribution in [0.3, 0.4) is 0 Å². The summed E-state index contributed by atoms with van der Waals surface area (Å²) in [7, 11) is 0. The fraction of sp³-hybridized carbons (Fsp3) is 0.0909. The van der Waals surface area contributed by atoms with E-state index < -0.39 is 5.91 Å². The lowest BCUT2D eigenvalue weighted by atomic mass is 10.1. The number of aryl methyl sites for hydroxylation is 1. The first-order valence-electron chi connectivity index (χ1n) is 8.37. The fourth-order valence-electron chi connectivity index (χ4n) is 2.56. The summed E-state index contributed by atoms with van der Waals surface area (Å²) in [5.74, 6) is 0.676. The molecule has 3 rings (SSSR count). The molecule has 0 saturated carbocycles. The minimum absolute atomic E-state index is 0.00481. The van der Waals surface area contributed by atoms with Crippen LogP contribution >= 0.6 is 15.9 Å². The zero-order valence-electron chi connectivity index (χ0n) is 14.7. The normalized spacial score (nSPS) is 11.1. The Hall–Kier alpha value is -3.10. The second-order valence-corrected chi connectivity index (χ2v) is 6.88. The lowest BCUT2D eigenvalue weighted by Gasteiger charge is -2.04. The number of amides is 1. The van der Waals surface area contributed by atoms with Gasteiger partial charge in [0.25, 0.3) is 5.91 Å². The maximum Gasteiger partial charge on any atom is 0.262 e. The Bertz CT molecular complexity index is 1030. The Labute approximate surface area is 166 Å². The van der Waals surface area contributed by atoms with Gasteiger partial charge in [-0.2, -0.15) is 5.26 Å². The molecule has 0 unspecified atom stereocenters. The van der Waals surface area contributed by atoms with Crippen LogP contribution in [-0.4, -0.2) is 5.91 Å². The number of carbonyl (C=O) groups is 1. The number of rotatable bonds is 5. The molecule has 0 aliphatic rings. The molecular weight excluding hydrogens is 404 g/mol. The Morgan fingerprint density at radius 1 is 1.19 bits per heavy atom. The van der Waals surface area contributed by atoms with E-state index in [1.54, 1.807) is 6.07 Å². The van der Waals surface area contributed by atoms with Gasteiger partial charge < -0.3 is 9.73 Å². The molecule has 2 aromatic carbocycles. The molecule has 3 aromatic rings.